The van der Waals surface area contributed by atoms with E-state index in [-0.39, 0.29) is 10.3 Å². The predicted octanol–water partition coefficient (Wildman–Crippen LogP) is 0.346. The fourth-order valence-corrected chi connectivity index (χ4v) is 1.87. The van der Waals surface area contributed by atoms with E-state index >= 15 is 0 Å². The van der Waals surface area contributed by atoms with Gasteiger partial charge in [0, 0.05) is 12.6 Å². The van der Waals surface area contributed by atoms with Crippen molar-refractivity contribution in [2.45, 2.75) is 25.4 Å². The van der Waals surface area contributed by atoms with E-state index in [1.54, 1.807) is 0 Å². The van der Waals surface area contributed by atoms with Crippen molar-refractivity contribution in [1.29, 1.82) is 0 Å². The Kier molecular flexibility index (Phi) is 2.99. The fraction of sp³-hybridized carbons (Fsp3) is 0.444. The van der Waals surface area contributed by atoms with Gasteiger partial charge in [-0.3, -0.25) is 19.1 Å². The Balaban J connectivity index is 2.45. The van der Waals surface area contributed by atoms with E-state index < -0.39 is 18.1 Å². The topological polar surface area (TPSA) is 84.3 Å². The number of carbonyl (C=O) groups is 1. The van der Waals surface area contributed by atoms with Crippen molar-refractivity contribution in [1.82, 2.24) is 9.55 Å². The number of hydrogen-bond acceptors (Lipinski definition) is 5. The highest BCUT2D eigenvalue weighted by molar-refractivity contribution is 7.71. The summed E-state index contributed by atoms with van der Waals surface area (Å²) in [6.45, 7) is 0. The Hall–Kier alpha value is -1.31. The van der Waals surface area contributed by atoms with Crippen LogP contribution >= 0.6 is 12.2 Å². The lowest BCUT2D eigenvalue weighted by Crippen LogP contribution is -2.20. The maximum atomic E-state index is 11.2. The van der Waals surface area contributed by atoms with Crippen molar-refractivity contribution in [2.24, 2.45) is 0 Å². The van der Waals surface area contributed by atoms with Crippen molar-refractivity contribution in [2.75, 3.05) is 0 Å². The Morgan fingerprint density at radius 2 is 2.38 bits per heavy atom. The van der Waals surface area contributed by atoms with Crippen LogP contribution in [0.3, 0.4) is 0 Å². The summed E-state index contributed by atoms with van der Waals surface area (Å²) in [5.41, 5.74) is -0.534. The van der Waals surface area contributed by atoms with Gasteiger partial charge in [0.1, 0.15) is 6.23 Å². The molecule has 0 aromatic carbocycles. The fourth-order valence-electron chi connectivity index (χ4n) is 1.61. The first kappa shape index (κ1) is 11.2. The molecule has 0 aliphatic carbocycles. The van der Waals surface area contributed by atoms with E-state index in [2.05, 4.69) is 4.98 Å². The molecule has 2 heterocycles. The zero-order valence-corrected chi connectivity index (χ0v) is 9.07. The van der Waals surface area contributed by atoms with Crippen LogP contribution in [-0.4, -0.2) is 27.2 Å². The molecule has 1 aliphatic heterocycles. The molecule has 1 aromatic heterocycles. The summed E-state index contributed by atoms with van der Waals surface area (Å²) in [7, 11) is 0. The van der Waals surface area contributed by atoms with Crippen molar-refractivity contribution in [3.63, 3.8) is 0 Å². The van der Waals surface area contributed by atoms with Crippen LogP contribution in [-0.2, 0) is 4.74 Å². The van der Waals surface area contributed by atoms with Gasteiger partial charge in [0.25, 0.3) is 5.56 Å². The van der Waals surface area contributed by atoms with E-state index in [0.29, 0.717) is 19.1 Å². The number of rotatable bonds is 2. The van der Waals surface area contributed by atoms with Crippen LogP contribution in [0.2, 0.25) is 0 Å². The molecule has 1 aliphatic rings. The molecule has 6 nitrogen and oxygen atoms in total. The molecular weight excluding hydrogens is 232 g/mol. The van der Waals surface area contributed by atoms with Crippen LogP contribution in [0.4, 0.5) is 0 Å². The highest BCUT2D eigenvalue weighted by Gasteiger charge is 2.25. The highest BCUT2D eigenvalue weighted by Crippen LogP contribution is 2.26. The van der Waals surface area contributed by atoms with E-state index in [4.69, 9.17) is 17.0 Å². The van der Waals surface area contributed by atoms with Gasteiger partial charge in [0.2, 0.25) is 0 Å². The molecule has 0 radical (unpaired) electrons. The summed E-state index contributed by atoms with van der Waals surface area (Å²) in [6.07, 6.45) is 1.63. The van der Waals surface area contributed by atoms with E-state index in [9.17, 15) is 14.7 Å². The first-order chi connectivity index (χ1) is 7.61. The Morgan fingerprint density at radius 1 is 1.62 bits per heavy atom. The first-order valence-corrected chi connectivity index (χ1v) is 5.17. The SMILES string of the molecule is O=Cc1cn(C2CC[C@@H](O)O2)c(=S)[nH]c1=O. The molecule has 0 amide bonds. The molecular formula is C9H10N2O4S. The molecule has 1 fully saturated rings. The standard InChI is InChI=1S/C9H10N2O4S/c12-4-5-3-11(9(16)10-8(5)14)6-1-2-7(13)15-6/h3-4,6-7,13H,1-2H2,(H,10,14,16)/t6?,7-/m0/s1. The second kappa shape index (κ2) is 4.28. The monoisotopic (exact) mass is 242 g/mol. The molecule has 7 heteroatoms. The molecule has 0 spiro atoms. The van der Waals surface area contributed by atoms with Crippen LogP contribution in [0, 0.1) is 4.77 Å². The minimum atomic E-state index is -0.821. The van der Waals surface area contributed by atoms with Gasteiger partial charge in [-0.25, -0.2) is 0 Å². The molecule has 86 valence electrons. The lowest BCUT2D eigenvalue weighted by atomic mass is 10.3. The molecule has 0 bridgehead atoms. The molecule has 2 rings (SSSR count). The Bertz CT molecular complexity index is 521. The van der Waals surface area contributed by atoms with E-state index in [0.717, 1.165) is 0 Å². The molecule has 2 atom stereocenters. The van der Waals surface area contributed by atoms with Crippen LogP contribution in [0.15, 0.2) is 11.0 Å². The van der Waals surface area contributed by atoms with Gasteiger partial charge >= 0.3 is 0 Å². The largest absolute Gasteiger partial charge is 0.368 e. The zero-order valence-electron chi connectivity index (χ0n) is 8.25. The number of aromatic nitrogens is 2. The molecule has 16 heavy (non-hydrogen) atoms. The number of aromatic amines is 1. The van der Waals surface area contributed by atoms with Crippen molar-refractivity contribution in [3.8, 4) is 0 Å². The summed E-state index contributed by atoms with van der Waals surface area (Å²) in [5, 5.41) is 9.22. The van der Waals surface area contributed by atoms with E-state index in [1.807, 2.05) is 0 Å². The third-order valence-electron chi connectivity index (χ3n) is 2.41. The lowest BCUT2D eigenvalue weighted by Gasteiger charge is -2.14. The van der Waals surface area contributed by atoms with E-state index in [1.165, 1.54) is 10.8 Å². The number of aliphatic hydroxyl groups excluding tert-OH is 1. The molecule has 1 saturated heterocycles. The predicted molar refractivity (Wildman–Crippen MR) is 56.6 cm³/mol. The number of carbonyl (C=O) groups excluding carboxylic acids is 1. The quantitative estimate of drug-likeness (QED) is 0.577. The molecule has 0 saturated carbocycles. The number of hydrogen-bond donors (Lipinski definition) is 2. The number of aliphatic hydroxyl groups is 1. The Labute approximate surface area is 95.5 Å². The molecule has 1 aromatic rings. The summed E-state index contributed by atoms with van der Waals surface area (Å²) in [4.78, 5) is 24.2. The average Bonchev–Trinajstić information content (AvgIpc) is 2.65. The molecule has 1 unspecified atom stereocenters. The summed E-state index contributed by atoms with van der Waals surface area (Å²) in [5.74, 6) is 0. The second-order valence-corrected chi connectivity index (χ2v) is 3.88. The van der Waals surface area contributed by atoms with Gasteiger partial charge in [-0.15, -0.1) is 0 Å². The number of aldehydes is 1. The normalized spacial score (nSPS) is 24.6. The van der Waals surface area contributed by atoms with Crippen LogP contribution in [0.1, 0.15) is 29.4 Å². The third kappa shape index (κ3) is 1.97. The van der Waals surface area contributed by atoms with Gasteiger partial charge in [-0.1, -0.05) is 0 Å². The van der Waals surface area contributed by atoms with Gasteiger partial charge in [-0.2, -0.15) is 0 Å². The summed E-state index contributed by atoms with van der Waals surface area (Å²) in [6, 6.07) is 0. The van der Waals surface area contributed by atoms with Gasteiger partial charge < -0.3 is 9.84 Å². The number of nitrogens with one attached hydrogen (secondary N) is 1. The highest BCUT2D eigenvalue weighted by atomic mass is 32.1. The van der Waals surface area contributed by atoms with Crippen molar-refractivity contribution >= 4 is 18.5 Å². The molecule has 2 N–H and O–H groups in total. The van der Waals surface area contributed by atoms with Crippen molar-refractivity contribution < 1.29 is 14.6 Å². The first-order valence-electron chi connectivity index (χ1n) is 4.76. The summed E-state index contributed by atoms with van der Waals surface area (Å²) >= 11 is 4.95. The maximum Gasteiger partial charge on any atom is 0.262 e. The van der Waals surface area contributed by atoms with Crippen LogP contribution < -0.4 is 5.56 Å². The van der Waals surface area contributed by atoms with Gasteiger partial charge in [0.15, 0.2) is 17.3 Å². The smallest absolute Gasteiger partial charge is 0.262 e. The zero-order chi connectivity index (χ0) is 11.7. The number of H-pyrrole nitrogens is 1. The van der Waals surface area contributed by atoms with Gasteiger partial charge in [-0.05, 0) is 18.6 Å². The van der Waals surface area contributed by atoms with Gasteiger partial charge in [0.05, 0.1) is 5.56 Å². The lowest BCUT2D eigenvalue weighted by molar-refractivity contribution is -0.113. The number of nitrogens with zero attached hydrogens (tertiary/aromatic N) is 1. The minimum Gasteiger partial charge on any atom is -0.368 e. The second-order valence-electron chi connectivity index (χ2n) is 3.49. The van der Waals surface area contributed by atoms with Crippen LogP contribution in [0.25, 0.3) is 0 Å². The third-order valence-corrected chi connectivity index (χ3v) is 2.72. The number of ether oxygens (including phenoxy) is 1. The Morgan fingerprint density at radius 3 is 2.94 bits per heavy atom. The van der Waals surface area contributed by atoms with Crippen LogP contribution in [0.5, 0.6) is 0 Å². The minimum absolute atomic E-state index is 0.0152. The average molecular weight is 242 g/mol. The van der Waals surface area contributed by atoms with Crippen molar-refractivity contribution in [3.05, 3.63) is 26.9 Å². The summed E-state index contributed by atoms with van der Waals surface area (Å²) < 4.78 is 6.83. The maximum absolute atomic E-state index is 11.2.